The predicted molar refractivity (Wildman–Crippen MR) is 177 cm³/mol. The van der Waals surface area contributed by atoms with Gasteiger partial charge in [0.25, 0.3) is 0 Å². The van der Waals surface area contributed by atoms with Crippen LogP contribution in [0.2, 0.25) is 0 Å². The van der Waals surface area contributed by atoms with Gasteiger partial charge < -0.3 is 20.1 Å². The van der Waals surface area contributed by atoms with E-state index in [-0.39, 0.29) is 30.1 Å². The number of aliphatic hydroxyl groups is 1. The number of nitrogens with one attached hydrogen (secondary N) is 2. The van der Waals surface area contributed by atoms with Crippen molar-refractivity contribution in [2.45, 2.75) is 85.0 Å². The van der Waals surface area contributed by atoms with Gasteiger partial charge in [-0.2, -0.15) is 0 Å². The summed E-state index contributed by atoms with van der Waals surface area (Å²) in [5.41, 5.74) is 2.11. The topological polar surface area (TPSA) is 161 Å². The lowest BCUT2D eigenvalue weighted by Gasteiger charge is -2.48. The molecule has 0 saturated heterocycles. The van der Waals surface area contributed by atoms with E-state index in [1.54, 1.807) is 18.6 Å². The predicted octanol–water partition coefficient (Wildman–Crippen LogP) is 5.65. The molecule has 2 aliphatic carbocycles. The summed E-state index contributed by atoms with van der Waals surface area (Å²) in [6.45, 7) is 12.2. The van der Waals surface area contributed by atoms with Crippen LogP contribution in [0.25, 0.3) is 22.4 Å². The molecule has 1 aromatic carbocycles. The van der Waals surface area contributed by atoms with Crippen LogP contribution in [0.5, 0.6) is 0 Å². The third-order valence-electron chi connectivity index (χ3n) is 11.0. The number of hydrogen-bond acceptors (Lipinski definition) is 10. The first kappa shape index (κ1) is 32.5. The van der Waals surface area contributed by atoms with E-state index in [0.717, 1.165) is 30.5 Å². The fourth-order valence-corrected chi connectivity index (χ4v) is 7.51. The normalized spacial score (nSPS) is 30.0. The summed E-state index contributed by atoms with van der Waals surface area (Å²) in [5, 5.41) is 23.5. The minimum atomic E-state index is -0.706. The van der Waals surface area contributed by atoms with Crippen molar-refractivity contribution in [2.24, 2.45) is 28.6 Å². The summed E-state index contributed by atoms with van der Waals surface area (Å²) >= 11 is 0. The number of Topliss-reactive ketones (excluding diaryl/α,β-unsaturated/α-hetero) is 1. The monoisotopic (exact) mass is 640 g/mol. The SMILES string of the molecule is C=C[C@]1(C)C[C@@H](OC(=O)Cn2cc(-c3cccc(Nc4ncnc5[nH]cnc45)c3)nn2)[C@@]2(C)CC(=O)CC[C@@H](CC[C@H]2C)[C@@H](C)[C@@H]1O. The molecule has 2 aliphatic rings. The lowest BCUT2D eigenvalue weighted by Crippen LogP contribution is -2.49. The molecule has 3 N–H and O–H groups in total. The molecule has 0 spiro atoms. The van der Waals surface area contributed by atoms with E-state index in [9.17, 15) is 14.7 Å². The molecule has 248 valence electrons. The highest BCUT2D eigenvalue weighted by molar-refractivity contribution is 5.85. The van der Waals surface area contributed by atoms with Gasteiger partial charge in [0.1, 0.15) is 30.5 Å². The van der Waals surface area contributed by atoms with Crippen LogP contribution in [-0.4, -0.2) is 64.0 Å². The third kappa shape index (κ3) is 6.56. The van der Waals surface area contributed by atoms with E-state index in [1.165, 1.54) is 11.0 Å². The van der Waals surface area contributed by atoms with E-state index in [4.69, 9.17) is 4.74 Å². The number of hydrogen-bond donors (Lipinski definition) is 3. The van der Waals surface area contributed by atoms with Gasteiger partial charge >= 0.3 is 5.97 Å². The molecule has 7 atom stereocenters. The number of carbonyl (C=O) groups is 2. The van der Waals surface area contributed by atoms with Crippen molar-refractivity contribution in [1.29, 1.82) is 0 Å². The number of carbonyl (C=O) groups excluding carboxylic acids is 2. The molecule has 0 aliphatic heterocycles. The third-order valence-corrected chi connectivity index (χ3v) is 11.0. The number of anilines is 2. The number of imidazole rings is 1. The van der Waals surface area contributed by atoms with Gasteiger partial charge in [-0.05, 0) is 55.6 Å². The molecule has 0 amide bonds. The smallest absolute Gasteiger partial charge is 0.328 e. The lowest BCUT2D eigenvalue weighted by atomic mass is 9.61. The number of nitrogens with zero attached hydrogens (tertiary/aromatic N) is 6. The van der Waals surface area contributed by atoms with Gasteiger partial charge in [-0.15, -0.1) is 11.7 Å². The quantitative estimate of drug-likeness (QED) is 0.170. The summed E-state index contributed by atoms with van der Waals surface area (Å²) < 4.78 is 7.78. The van der Waals surface area contributed by atoms with Gasteiger partial charge in [0.15, 0.2) is 17.0 Å². The lowest BCUT2D eigenvalue weighted by molar-refractivity contribution is -0.167. The van der Waals surface area contributed by atoms with Crippen LogP contribution in [0.3, 0.4) is 0 Å². The van der Waals surface area contributed by atoms with Crippen LogP contribution in [0.15, 0.2) is 55.8 Å². The number of aliphatic hydroxyl groups excluding tert-OH is 1. The van der Waals surface area contributed by atoms with E-state index >= 15 is 0 Å². The standard InChI is InChI=1S/C35H44N8O4/c1-6-34(4)16-28(35(5)15-26(44)13-12-23(11-10-21(35)2)22(3)31(34)46)47-29(45)18-43-17-27(41-42-43)24-8-7-9-25(14-24)40-33-30-32(37-19-36-30)38-20-39-33/h6-9,14,17,19-23,28,31,46H,1,10-13,15-16,18H2,2-5H3,(H2,36,37,38,39,40)/t21-,22-,23-,28-,31+,34-,35+/m1/s1. The molecular weight excluding hydrogens is 596 g/mol. The Kier molecular flexibility index (Phi) is 8.97. The maximum atomic E-state index is 13.6. The molecule has 12 nitrogen and oxygen atoms in total. The van der Waals surface area contributed by atoms with E-state index in [1.807, 2.05) is 31.2 Å². The maximum absolute atomic E-state index is 13.6. The molecule has 2 saturated carbocycles. The fourth-order valence-electron chi connectivity index (χ4n) is 7.51. The van der Waals surface area contributed by atoms with Gasteiger partial charge in [-0.1, -0.05) is 51.1 Å². The Labute approximate surface area is 274 Å². The van der Waals surface area contributed by atoms with Crippen LogP contribution in [0, 0.1) is 28.6 Å². The second-order valence-electron chi connectivity index (χ2n) is 14.0. The van der Waals surface area contributed by atoms with Crippen molar-refractivity contribution in [3.8, 4) is 11.3 Å². The van der Waals surface area contributed by atoms with Crippen molar-refractivity contribution >= 4 is 34.4 Å². The Balaban J connectivity index is 1.21. The number of H-pyrrole nitrogens is 1. The van der Waals surface area contributed by atoms with Crippen molar-refractivity contribution in [3.05, 3.63) is 55.8 Å². The largest absolute Gasteiger partial charge is 0.460 e. The highest BCUT2D eigenvalue weighted by atomic mass is 16.5. The molecule has 12 heteroatoms. The summed E-state index contributed by atoms with van der Waals surface area (Å²) in [6.07, 6.45) is 9.00. The van der Waals surface area contributed by atoms with Crippen LogP contribution >= 0.6 is 0 Å². The zero-order chi connectivity index (χ0) is 33.3. The molecule has 3 aromatic heterocycles. The van der Waals surface area contributed by atoms with Crippen molar-refractivity contribution in [1.82, 2.24) is 34.9 Å². The molecule has 0 radical (unpaired) electrons. The first-order chi connectivity index (χ1) is 22.5. The molecule has 3 heterocycles. The number of benzene rings is 1. The molecule has 2 fully saturated rings. The Morgan fingerprint density at radius 1 is 1.21 bits per heavy atom. The second-order valence-corrected chi connectivity index (χ2v) is 14.0. The molecule has 47 heavy (non-hydrogen) atoms. The Hall–Kier alpha value is -4.45. The van der Waals surface area contributed by atoms with Crippen LogP contribution in [-0.2, 0) is 20.9 Å². The van der Waals surface area contributed by atoms with Gasteiger partial charge in [0.05, 0.1) is 18.6 Å². The Morgan fingerprint density at radius 2 is 2.04 bits per heavy atom. The molecule has 2 bridgehead atoms. The molecule has 0 unspecified atom stereocenters. The van der Waals surface area contributed by atoms with Gasteiger partial charge in [0, 0.05) is 34.9 Å². The minimum Gasteiger partial charge on any atom is -0.460 e. The number of aromatic nitrogens is 7. The number of esters is 1. The van der Waals surface area contributed by atoms with Crippen molar-refractivity contribution < 1.29 is 19.4 Å². The number of fused-ring (bicyclic) bond motifs is 5. The second kappa shape index (κ2) is 13.0. The average Bonchev–Trinajstić information content (AvgIpc) is 3.74. The fraction of sp³-hybridized carbons (Fsp3) is 0.514. The van der Waals surface area contributed by atoms with E-state index < -0.39 is 29.0 Å². The van der Waals surface area contributed by atoms with Gasteiger partial charge in [-0.25, -0.2) is 19.6 Å². The van der Waals surface area contributed by atoms with Crippen molar-refractivity contribution in [3.63, 3.8) is 0 Å². The highest BCUT2D eigenvalue weighted by Crippen LogP contribution is 2.50. The van der Waals surface area contributed by atoms with Gasteiger partial charge in [-0.3, -0.25) is 9.59 Å². The summed E-state index contributed by atoms with van der Waals surface area (Å²) in [7, 11) is 0. The van der Waals surface area contributed by atoms with Crippen molar-refractivity contribution in [2.75, 3.05) is 5.32 Å². The maximum Gasteiger partial charge on any atom is 0.328 e. The highest BCUT2D eigenvalue weighted by Gasteiger charge is 2.50. The zero-order valence-corrected chi connectivity index (χ0v) is 27.5. The minimum absolute atomic E-state index is 0.0219. The number of rotatable bonds is 7. The number of ketones is 1. The van der Waals surface area contributed by atoms with E-state index in [0.29, 0.717) is 41.9 Å². The summed E-state index contributed by atoms with van der Waals surface area (Å²) in [6, 6.07) is 7.62. The van der Waals surface area contributed by atoms with Crippen LogP contribution in [0.4, 0.5) is 11.5 Å². The van der Waals surface area contributed by atoms with Crippen LogP contribution < -0.4 is 5.32 Å². The van der Waals surface area contributed by atoms with Crippen LogP contribution in [0.1, 0.15) is 66.2 Å². The summed E-state index contributed by atoms with van der Waals surface area (Å²) in [4.78, 5) is 42.7. The Morgan fingerprint density at radius 3 is 2.85 bits per heavy atom. The molecule has 6 rings (SSSR count). The number of aromatic amines is 1. The van der Waals surface area contributed by atoms with Gasteiger partial charge in [0.2, 0.25) is 0 Å². The first-order valence-corrected chi connectivity index (χ1v) is 16.4. The van der Waals surface area contributed by atoms with E-state index in [2.05, 4.69) is 62.9 Å². The average molecular weight is 641 g/mol. The Bertz CT molecular complexity index is 1770. The molecular formula is C35H44N8O4. The molecule has 4 aromatic rings. The first-order valence-electron chi connectivity index (χ1n) is 16.4. The number of ether oxygens (including phenoxy) is 1. The summed E-state index contributed by atoms with van der Waals surface area (Å²) in [5.74, 6) is 0.632. The zero-order valence-electron chi connectivity index (χ0n) is 27.5.